The lowest BCUT2D eigenvalue weighted by Gasteiger charge is -2.20. The van der Waals surface area contributed by atoms with Gasteiger partial charge in [0.1, 0.15) is 5.60 Å². The lowest BCUT2D eigenvalue weighted by atomic mass is 10.0. The van der Waals surface area contributed by atoms with Crippen molar-refractivity contribution in [3.05, 3.63) is 35.4 Å². The van der Waals surface area contributed by atoms with Crippen molar-refractivity contribution in [1.82, 2.24) is 4.72 Å². The summed E-state index contributed by atoms with van der Waals surface area (Å²) in [5.74, 6) is -1.99. The van der Waals surface area contributed by atoms with Crippen LogP contribution in [0.5, 0.6) is 0 Å². The van der Waals surface area contributed by atoms with Crippen molar-refractivity contribution in [2.75, 3.05) is 18.9 Å². The van der Waals surface area contributed by atoms with Gasteiger partial charge in [-0.15, -0.1) is 0 Å². The molecule has 0 fully saturated rings. The van der Waals surface area contributed by atoms with E-state index in [1.807, 2.05) is 0 Å². The van der Waals surface area contributed by atoms with E-state index in [0.29, 0.717) is 11.1 Å². The highest BCUT2D eigenvalue weighted by Crippen LogP contribution is 2.16. The first kappa shape index (κ1) is 21.1. The predicted molar refractivity (Wildman–Crippen MR) is 93.7 cm³/mol. The van der Waals surface area contributed by atoms with Crippen molar-refractivity contribution in [2.45, 2.75) is 39.7 Å². The molecule has 140 valence electrons. The van der Waals surface area contributed by atoms with Crippen LogP contribution in [0.25, 0.3) is 0 Å². The van der Waals surface area contributed by atoms with Gasteiger partial charge in [-0.3, -0.25) is 4.79 Å². The summed E-state index contributed by atoms with van der Waals surface area (Å²) in [4.78, 5) is 23.5. The lowest BCUT2D eigenvalue weighted by Crippen LogP contribution is -2.32. The Morgan fingerprint density at radius 1 is 1.16 bits per heavy atom. The summed E-state index contributed by atoms with van der Waals surface area (Å²) >= 11 is 0. The quantitative estimate of drug-likeness (QED) is 0.698. The van der Waals surface area contributed by atoms with Crippen molar-refractivity contribution in [3.8, 4) is 0 Å². The summed E-state index contributed by atoms with van der Waals surface area (Å²) in [5.41, 5.74) is 0.434. The second-order valence-electron chi connectivity index (χ2n) is 6.37. The highest BCUT2D eigenvalue weighted by molar-refractivity contribution is 7.90. The largest absolute Gasteiger partial charge is 0.465 e. The molecule has 0 saturated carbocycles. The van der Waals surface area contributed by atoms with Crippen LogP contribution < -0.4 is 4.72 Å². The molecule has 0 aliphatic heterocycles. The van der Waals surface area contributed by atoms with Gasteiger partial charge < -0.3 is 9.47 Å². The number of hydrogen-bond donors (Lipinski definition) is 1. The zero-order valence-corrected chi connectivity index (χ0v) is 15.8. The highest BCUT2D eigenvalue weighted by atomic mass is 32.2. The van der Waals surface area contributed by atoms with E-state index in [2.05, 4.69) is 9.46 Å². The normalized spacial score (nSPS) is 11.8. The Bertz CT molecular complexity index is 706. The van der Waals surface area contributed by atoms with E-state index in [1.54, 1.807) is 52.0 Å². The van der Waals surface area contributed by atoms with Crippen molar-refractivity contribution in [2.24, 2.45) is 0 Å². The summed E-state index contributed by atoms with van der Waals surface area (Å²) < 4.78 is 35.9. The average Bonchev–Trinajstić information content (AvgIpc) is 2.45. The van der Waals surface area contributed by atoms with Gasteiger partial charge >= 0.3 is 11.9 Å². The van der Waals surface area contributed by atoms with E-state index in [4.69, 9.17) is 4.74 Å². The molecule has 25 heavy (non-hydrogen) atoms. The first-order valence-electron chi connectivity index (χ1n) is 7.98. The maximum atomic E-state index is 12.2. The zero-order chi connectivity index (χ0) is 19.1. The molecule has 0 unspecified atom stereocenters. The summed E-state index contributed by atoms with van der Waals surface area (Å²) in [6.45, 7) is 7.11. The summed E-state index contributed by atoms with van der Waals surface area (Å²) in [5, 5.41) is 0. The SMILES string of the molecule is CCOC(=O)CS(=O)(=O)NCCc1ccccc1C(=O)OC(C)(C)C. The summed E-state index contributed by atoms with van der Waals surface area (Å²) in [6.07, 6.45) is 0.289. The van der Waals surface area contributed by atoms with Crippen LogP contribution in [0.1, 0.15) is 43.6 Å². The Labute approximate surface area is 148 Å². The van der Waals surface area contributed by atoms with Crippen LogP contribution in [0.2, 0.25) is 0 Å². The Morgan fingerprint density at radius 2 is 1.80 bits per heavy atom. The van der Waals surface area contributed by atoms with Crippen molar-refractivity contribution in [1.29, 1.82) is 0 Å². The number of carbonyl (C=O) groups excluding carboxylic acids is 2. The number of benzene rings is 1. The van der Waals surface area contributed by atoms with Crippen molar-refractivity contribution in [3.63, 3.8) is 0 Å². The predicted octanol–water partition coefficient (Wildman–Crippen LogP) is 1.67. The minimum Gasteiger partial charge on any atom is -0.465 e. The molecule has 1 aromatic carbocycles. The van der Waals surface area contributed by atoms with Crippen LogP contribution >= 0.6 is 0 Å². The van der Waals surface area contributed by atoms with Gasteiger partial charge in [0.05, 0.1) is 12.2 Å². The maximum absolute atomic E-state index is 12.2. The molecule has 0 radical (unpaired) electrons. The number of nitrogens with one attached hydrogen (secondary N) is 1. The van der Waals surface area contributed by atoms with Crippen LogP contribution in [0.3, 0.4) is 0 Å². The number of ether oxygens (including phenoxy) is 2. The topological polar surface area (TPSA) is 98.8 Å². The second kappa shape index (κ2) is 8.96. The van der Waals surface area contributed by atoms with E-state index in [-0.39, 0.29) is 19.6 Å². The van der Waals surface area contributed by atoms with Gasteiger partial charge in [0.25, 0.3) is 0 Å². The third kappa shape index (κ3) is 8.13. The Morgan fingerprint density at radius 3 is 2.40 bits per heavy atom. The van der Waals surface area contributed by atoms with Gasteiger partial charge in [-0.05, 0) is 45.7 Å². The zero-order valence-electron chi connectivity index (χ0n) is 15.0. The molecule has 0 heterocycles. The highest BCUT2D eigenvalue weighted by Gasteiger charge is 2.21. The van der Waals surface area contributed by atoms with Crippen LogP contribution in [0.15, 0.2) is 24.3 Å². The van der Waals surface area contributed by atoms with E-state index < -0.39 is 33.3 Å². The molecule has 7 nitrogen and oxygen atoms in total. The van der Waals surface area contributed by atoms with E-state index in [0.717, 1.165) is 0 Å². The number of rotatable bonds is 8. The fourth-order valence-corrected chi connectivity index (χ4v) is 2.93. The Kier molecular flexibility index (Phi) is 7.57. The Hall–Kier alpha value is -1.93. The van der Waals surface area contributed by atoms with Gasteiger partial charge in [0.15, 0.2) is 5.75 Å². The molecule has 0 saturated heterocycles. The van der Waals surface area contributed by atoms with Gasteiger partial charge in [-0.25, -0.2) is 17.9 Å². The molecule has 0 atom stereocenters. The van der Waals surface area contributed by atoms with Crippen molar-refractivity contribution >= 4 is 22.0 Å². The third-order valence-electron chi connectivity index (χ3n) is 2.97. The van der Waals surface area contributed by atoms with E-state index in [1.165, 1.54) is 0 Å². The van der Waals surface area contributed by atoms with Gasteiger partial charge in [-0.1, -0.05) is 18.2 Å². The molecule has 0 spiro atoms. The molecular formula is C17H25NO6S. The molecular weight excluding hydrogens is 346 g/mol. The number of esters is 2. The Balaban J connectivity index is 2.69. The molecule has 0 aliphatic rings. The minimum atomic E-state index is -3.78. The molecule has 1 aromatic rings. The van der Waals surface area contributed by atoms with Crippen LogP contribution in [0.4, 0.5) is 0 Å². The summed E-state index contributed by atoms with van der Waals surface area (Å²) in [6, 6.07) is 6.85. The van der Waals surface area contributed by atoms with Crippen LogP contribution in [0, 0.1) is 0 Å². The van der Waals surface area contributed by atoms with Crippen molar-refractivity contribution < 1.29 is 27.5 Å². The fraction of sp³-hybridized carbons (Fsp3) is 0.529. The molecule has 8 heteroatoms. The van der Waals surface area contributed by atoms with Gasteiger partial charge in [-0.2, -0.15) is 0 Å². The monoisotopic (exact) mass is 371 g/mol. The van der Waals surface area contributed by atoms with Crippen LogP contribution in [-0.2, 0) is 30.7 Å². The maximum Gasteiger partial charge on any atom is 0.338 e. The number of carbonyl (C=O) groups is 2. The summed E-state index contributed by atoms with van der Waals surface area (Å²) in [7, 11) is -3.78. The third-order valence-corrected chi connectivity index (χ3v) is 4.23. The first-order valence-corrected chi connectivity index (χ1v) is 9.63. The van der Waals surface area contributed by atoms with Crippen LogP contribution in [-0.4, -0.2) is 44.9 Å². The molecule has 0 aliphatic carbocycles. The average molecular weight is 371 g/mol. The smallest absolute Gasteiger partial charge is 0.338 e. The fourth-order valence-electron chi connectivity index (χ4n) is 2.02. The molecule has 0 bridgehead atoms. The number of hydrogen-bond acceptors (Lipinski definition) is 6. The van der Waals surface area contributed by atoms with E-state index in [9.17, 15) is 18.0 Å². The number of sulfonamides is 1. The standard InChI is InChI=1S/C17H25NO6S/c1-5-23-15(19)12-25(21,22)18-11-10-13-8-6-7-9-14(13)16(20)24-17(2,3)4/h6-9,18H,5,10-12H2,1-4H3. The molecule has 0 aromatic heterocycles. The minimum absolute atomic E-state index is 0.0571. The molecule has 0 amide bonds. The lowest BCUT2D eigenvalue weighted by molar-refractivity contribution is -0.139. The molecule has 1 rings (SSSR count). The second-order valence-corrected chi connectivity index (χ2v) is 8.17. The van der Waals surface area contributed by atoms with Gasteiger partial charge in [0.2, 0.25) is 10.0 Å². The van der Waals surface area contributed by atoms with Gasteiger partial charge in [0, 0.05) is 6.54 Å². The first-order chi connectivity index (χ1) is 11.5. The van der Waals surface area contributed by atoms with E-state index >= 15 is 0 Å². The molecule has 1 N–H and O–H groups in total.